The molecule has 0 aromatic carbocycles. The maximum atomic E-state index is 11.9. The molecule has 0 aliphatic heterocycles. The normalized spacial score (nSPS) is 12.3. The zero-order valence-corrected chi connectivity index (χ0v) is 9.95. The van der Waals surface area contributed by atoms with Crippen LogP contribution < -0.4 is 0 Å². The maximum Gasteiger partial charge on any atom is 0.272 e. The molecule has 82 valence electrons. The van der Waals surface area contributed by atoms with Crippen LogP contribution in [-0.4, -0.2) is 34.8 Å². The van der Waals surface area contributed by atoms with Gasteiger partial charge in [-0.1, -0.05) is 6.07 Å². The highest BCUT2D eigenvalue weighted by molar-refractivity contribution is 6.20. The summed E-state index contributed by atoms with van der Waals surface area (Å²) in [6, 6.07) is 3.69. The van der Waals surface area contributed by atoms with E-state index in [-0.39, 0.29) is 11.3 Å². The van der Waals surface area contributed by atoms with Crippen molar-refractivity contribution in [2.24, 2.45) is 0 Å². The molecule has 1 atom stereocenters. The lowest BCUT2D eigenvalue weighted by molar-refractivity contribution is 0.0789. The molecule has 0 spiro atoms. The average molecular weight is 227 g/mol. The average Bonchev–Trinajstić information content (AvgIpc) is 2.16. The maximum absolute atomic E-state index is 11.9. The number of pyridine rings is 1. The van der Waals surface area contributed by atoms with E-state index in [1.54, 1.807) is 18.1 Å². The number of nitrogens with zero attached hydrogens (tertiary/aromatic N) is 2. The molecule has 1 amide bonds. The van der Waals surface area contributed by atoms with Crippen LogP contribution in [0.1, 0.15) is 23.0 Å². The largest absolute Gasteiger partial charge is 0.339 e. The summed E-state index contributed by atoms with van der Waals surface area (Å²) >= 11 is 5.83. The van der Waals surface area contributed by atoms with Crippen LogP contribution in [-0.2, 0) is 0 Å². The van der Waals surface area contributed by atoms with E-state index in [1.165, 1.54) is 0 Å². The number of hydrogen-bond donors (Lipinski definition) is 0. The first-order valence-electron chi connectivity index (χ1n) is 4.83. The van der Waals surface area contributed by atoms with Gasteiger partial charge in [0, 0.05) is 25.2 Å². The molecule has 1 unspecified atom stereocenters. The van der Waals surface area contributed by atoms with E-state index in [0.29, 0.717) is 12.2 Å². The number of halogens is 1. The van der Waals surface area contributed by atoms with Crippen molar-refractivity contribution in [3.8, 4) is 0 Å². The molecule has 3 nitrogen and oxygen atoms in total. The quantitative estimate of drug-likeness (QED) is 0.740. The summed E-state index contributed by atoms with van der Waals surface area (Å²) in [6.07, 6.45) is 1.62. The topological polar surface area (TPSA) is 33.2 Å². The molecule has 0 bridgehead atoms. The Bertz CT molecular complexity index is 352. The molecule has 0 radical (unpaired) electrons. The van der Waals surface area contributed by atoms with Crippen molar-refractivity contribution >= 4 is 17.5 Å². The van der Waals surface area contributed by atoms with E-state index in [1.807, 2.05) is 26.0 Å². The van der Waals surface area contributed by atoms with Gasteiger partial charge in [-0.25, -0.2) is 0 Å². The first-order chi connectivity index (χ1) is 7.02. The zero-order chi connectivity index (χ0) is 11.4. The van der Waals surface area contributed by atoms with Crippen molar-refractivity contribution < 1.29 is 4.79 Å². The third kappa shape index (κ3) is 3.20. The highest BCUT2D eigenvalue weighted by Gasteiger charge is 2.16. The molecule has 0 N–H and O–H groups in total. The fraction of sp³-hybridized carbons (Fsp3) is 0.455. The first-order valence-corrected chi connectivity index (χ1v) is 5.27. The number of alkyl halides is 1. The second kappa shape index (κ2) is 5.12. The van der Waals surface area contributed by atoms with Gasteiger partial charge in [-0.3, -0.25) is 9.78 Å². The third-order valence-corrected chi connectivity index (χ3v) is 2.22. The molecule has 1 heterocycles. The number of carbonyl (C=O) groups excluding carboxylic acids is 1. The number of carbonyl (C=O) groups is 1. The van der Waals surface area contributed by atoms with Gasteiger partial charge in [0.25, 0.3) is 5.91 Å². The van der Waals surface area contributed by atoms with Crippen molar-refractivity contribution in [1.29, 1.82) is 0 Å². The van der Waals surface area contributed by atoms with E-state index in [4.69, 9.17) is 11.6 Å². The van der Waals surface area contributed by atoms with Gasteiger partial charge in [-0.2, -0.15) is 0 Å². The van der Waals surface area contributed by atoms with Crippen LogP contribution in [0.3, 0.4) is 0 Å². The Morgan fingerprint density at radius 1 is 1.67 bits per heavy atom. The molecule has 0 saturated heterocycles. The number of rotatable bonds is 3. The van der Waals surface area contributed by atoms with Crippen molar-refractivity contribution in [2.75, 3.05) is 13.6 Å². The van der Waals surface area contributed by atoms with Crippen LogP contribution in [0.4, 0.5) is 0 Å². The molecular weight excluding hydrogens is 212 g/mol. The highest BCUT2D eigenvalue weighted by Crippen LogP contribution is 2.07. The summed E-state index contributed by atoms with van der Waals surface area (Å²) in [5.74, 6) is -0.0828. The molecular formula is C11H15ClN2O. The Labute approximate surface area is 95.1 Å². The molecule has 0 aliphatic carbocycles. The number of aryl methyl sites for hydroxylation is 1. The van der Waals surface area contributed by atoms with Crippen molar-refractivity contribution in [2.45, 2.75) is 19.2 Å². The second-order valence-corrected chi connectivity index (χ2v) is 4.38. The van der Waals surface area contributed by atoms with Crippen molar-refractivity contribution in [3.63, 3.8) is 0 Å². The standard InChI is InChI=1S/C11H15ClN2O/c1-8-5-4-6-13-10(8)11(15)14(3)7-9(2)12/h4-6,9H,7H2,1-3H3. The summed E-state index contributed by atoms with van der Waals surface area (Å²) < 4.78 is 0. The lowest BCUT2D eigenvalue weighted by Crippen LogP contribution is -2.32. The van der Waals surface area contributed by atoms with Gasteiger partial charge in [-0.15, -0.1) is 11.6 Å². The lowest BCUT2D eigenvalue weighted by Gasteiger charge is -2.18. The monoisotopic (exact) mass is 226 g/mol. The van der Waals surface area contributed by atoms with Crippen LogP contribution in [0.15, 0.2) is 18.3 Å². The van der Waals surface area contributed by atoms with Gasteiger partial charge >= 0.3 is 0 Å². The Kier molecular flexibility index (Phi) is 4.09. The Balaban J connectivity index is 2.81. The molecule has 15 heavy (non-hydrogen) atoms. The number of amides is 1. The van der Waals surface area contributed by atoms with Gasteiger partial charge in [0.1, 0.15) is 5.69 Å². The zero-order valence-electron chi connectivity index (χ0n) is 9.20. The van der Waals surface area contributed by atoms with Gasteiger partial charge in [0.2, 0.25) is 0 Å². The Morgan fingerprint density at radius 3 is 2.87 bits per heavy atom. The summed E-state index contributed by atoms with van der Waals surface area (Å²) in [4.78, 5) is 17.6. The molecule has 0 saturated carbocycles. The molecule has 1 rings (SSSR count). The van der Waals surface area contributed by atoms with Gasteiger partial charge in [0.15, 0.2) is 0 Å². The predicted octanol–water partition coefficient (Wildman–Crippen LogP) is 2.09. The summed E-state index contributed by atoms with van der Waals surface area (Å²) in [6.45, 7) is 4.26. The molecule has 1 aromatic heterocycles. The minimum absolute atomic E-state index is 0.0528. The van der Waals surface area contributed by atoms with E-state index in [2.05, 4.69) is 4.98 Å². The Morgan fingerprint density at radius 2 is 2.33 bits per heavy atom. The number of aromatic nitrogens is 1. The fourth-order valence-electron chi connectivity index (χ4n) is 1.35. The summed E-state index contributed by atoms with van der Waals surface area (Å²) in [7, 11) is 1.73. The summed E-state index contributed by atoms with van der Waals surface area (Å²) in [5.41, 5.74) is 1.38. The van der Waals surface area contributed by atoms with E-state index < -0.39 is 0 Å². The first kappa shape index (κ1) is 12.0. The highest BCUT2D eigenvalue weighted by atomic mass is 35.5. The number of hydrogen-bond acceptors (Lipinski definition) is 2. The van der Waals surface area contributed by atoms with Crippen LogP contribution in [0, 0.1) is 6.92 Å². The van der Waals surface area contributed by atoms with Gasteiger partial charge in [0.05, 0.1) is 0 Å². The molecule has 0 aliphatic rings. The second-order valence-electron chi connectivity index (χ2n) is 3.64. The van der Waals surface area contributed by atoms with Crippen LogP contribution in [0.5, 0.6) is 0 Å². The Hall–Kier alpha value is -1.09. The lowest BCUT2D eigenvalue weighted by atomic mass is 10.2. The third-order valence-electron chi connectivity index (χ3n) is 2.08. The van der Waals surface area contributed by atoms with Crippen LogP contribution in [0.2, 0.25) is 0 Å². The minimum atomic E-state index is -0.0828. The van der Waals surface area contributed by atoms with Crippen LogP contribution in [0.25, 0.3) is 0 Å². The predicted molar refractivity (Wildman–Crippen MR) is 61.2 cm³/mol. The van der Waals surface area contributed by atoms with E-state index >= 15 is 0 Å². The molecule has 1 aromatic rings. The SMILES string of the molecule is Cc1cccnc1C(=O)N(C)CC(C)Cl. The van der Waals surface area contributed by atoms with Crippen molar-refractivity contribution in [1.82, 2.24) is 9.88 Å². The van der Waals surface area contributed by atoms with Gasteiger partial charge < -0.3 is 4.90 Å². The molecule has 4 heteroatoms. The van der Waals surface area contributed by atoms with Crippen LogP contribution >= 0.6 is 11.6 Å². The minimum Gasteiger partial charge on any atom is -0.339 e. The van der Waals surface area contributed by atoms with E-state index in [9.17, 15) is 4.79 Å². The smallest absolute Gasteiger partial charge is 0.272 e. The fourth-order valence-corrected chi connectivity index (χ4v) is 1.56. The van der Waals surface area contributed by atoms with Gasteiger partial charge in [-0.05, 0) is 25.5 Å². The summed E-state index contributed by atoms with van der Waals surface area (Å²) in [5, 5.41) is -0.0528. The van der Waals surface area contributed by atoms with E-state index in [0.717, 1.165) is 5.56 Å². The van der Waals surface area contributed by atoms with Crippen molar-refractivity contribution in [3.05, 3.63) is 29.6 Å². The molecule has 0 fully saturated rings.